The van der Waals surface area contributed by atoms with Gasteiger partial charge in [0.1, 0.15) is 0 Å². The van der Waals surface area contributed by atoms with Crippen LogP contribution in [0.15, 0.2) is 27.6 Å². The highest BCUT2D eigenvalue weighted by atomic mass is 79.9. The second-order valence-electron chi connectivity index (χ2n) is 4.95. The smallest absolute Gasteiger partial charge is 0.258 e. The Bertz CT molecular complexity index is 628. The minimum Gasteiger partial charge on any atom is -0.258 e. The van der Waals surface area contributed by atoms with E-state index in [1.54, 1.807) is 0 Å². The molecule has 0 spiro atoms. The molecule has 0 amide bonds. The summed E-state index contributed by atoms with van der Waals surface area (Å²) in [5.41, 5.74) is -0.395. The lowest BCUT2D eigenvalue weighted by Gasteiger charge is -2.29. The summed E-state index contributed by atoms with van der Waals surface area (Å²) in [4.78, 5) is 10.1. The normalized spacial score (nSPS) is 16.1. The van der Waals surface area contributed by atoms with Gasteiger partial charge in [-0.2, -0.15) is 0 Å². The summed E-state index contributed by atoms with van der Waals surface area (Å²) in [7, 11) is -2.38. The predicted molar refractivity (Wildman–Crippen MR) is 78.0 cm³/mol. The number of sulfonamides is 1. The molecule has 110 valence electrons. The van der Waals surface area contributed by atoms with Gasteiger partial charge in [0.2, 0.25) is 10.0 Å². The van der Waals surface area contributed by atoms with Gasteiger partial charge in [0.05, 0.1) is 4.92 Å². The van der Waals surface area contributed by atoms with Crippen LogP contribution in [0.1, 0.15) is 19.3 Å². The number of hydrogen-bond donors (Lipinski definition) is 0. The maximum atomic E-state index is 12.5. The Kier molecular flexibility index (Phi) is 4.46. The number of benzene rings is 1. The fourth-order valence-electron chi connectivity index (χ4n) is 2.15. The van der Waals surface area contributed by atoms with Crippen molar-refractivity contribution in [3.63, 3.8) is 0 Å². The molecule has 0 N–H and O–H groups in total. The van der Waals surface area contributed by atoms with Crippen molar-refractivity contribution in [3.05, 3.63) is 32.8 Å². The molecule has 1 aliphatic rings. The van der Waals surface area contributed by atoms with Crippen molar-refractivity contribution in [3.8, 4) is 0 Å². The molecule has 0 saturated heterocycles. The molecule has 0 atom stereocenters. The molecule has 0 aromatic heterocycles. The van der Waals surface area contributed by atoms with Crippen LogP contribution < -0.4 is 0 Å². The van der Waals surface area contributed by atoms with Gasteiger partial charge < -0.3 is 0 Å². The summed E-state index contributed by atoms with van der Waals surface area (Å²) in [6.45, 7) is 0.409. The molecular weight excluding hydrogens is 348 g/mol. The molecule has 1 fully saturated rings. The van der Waals surface area contributed by atoms with E-state index >= 15 is 0 Å². The zero-order valence-corrected chi connectivity index (χ0v) is 13.4. The Hall–Kier alpha value is -0.990. The van der Waals surface area contributed by atoms with Crippen molar-refractivity contribution in [2.75, 3.05) is 13.6 Å². The molecule has 2 rings (SSSR count). The molecule has 1 saturated carbocycles. The van der Waals surface area contributed by atoms with Gasteiger partial charge >= 0.3 is 0 Å². The maximum Gasteiger partial charge on any atom is 0.289 e. The van der Waals surface area contributed by atoms with Crippen LogP contribution in [0.3, 0.4) is 0 Å². The first-order chi connectivity index (χ1) is 9.32. The van der Waals surface area contributed by atoms with Crippen LogP contribution in [-0.4, -0.2) is 31.2 Å². The largest absolute Gasteiger partial charge is 0.289 e. The third-order valence-electron chi connectivity index (χ3n) is 3.55. The van der Waals surface area contributed by atoms with Crippen LogP contribution in [-0.2, 0) is 10.0 Å². The van der Waals surface area contributed by atoms with Crippen LogP contribution >= 0.6 is 15.9 Å². The van der Waals surface area contributed by atoms with Crippen molar-refractivity contribution in [1.29, 1.82) is 0 Å². The molecule has 0 heterocycles. The molecular formula is C12H15BrN2O4S. The third kappa shape index (κ3) is 3.02. The van der Waals surface area contributed by atoms with E-state index in [4.69, 9.17) is 0 Å². The average Bonchev–Trinajstić information content (AvgIpc) is 2.32. The van der Waals surface area contributed by atoms with Gasteiger partial charge in [0.25, 0.3) is 5.69 Å². The van der Waals surface area contributed by atoms with E-state index in [0.29, 0.717) is 16.9 Å². The van der Waals surface area contributed by atoms with Gasteiger partial charge in [-0.05, 0) is 30.9 Å². The molecule has 0 aliphatic heterocycles. The first kappa shape index (κ1) is 15.4. The van der Waals surface area contributed by atoms with Gasteiger partial charge in [-0.1, -0.05) is 22.4 Å². The Morgan fingerprint density at radius 3 is 2.60 bits per heavy atom. The summed E-state index contributed by atoms with van der Waals surface area (Å²) in [6.07, 6.45) is 3.15. The molecule has 0 unspecified atom stereocenters. The summed E-state index contributed by atoms with van der Waals surface area (Å²) in [5, 5.41) is 11.0. The molecule has 1 aliphatic carbocycles. The Morgan fingerprint density at radius 2 is 2.10 bits per heavy atom. The Morgan fingerprint density at radius 1 is 1.45 bits per heavy atom. The number of nitro groups is 1. The lowest BCUT2D eigenvalue weighted by atomic mass is 9.86. The lowest BCUT2D eigenvalue weighted by molar-refractivity contribution is -0.387. The summed E-state index contributed by atoms with van der Waals surface area (Å²) in [6, 6.07) is 3.95. The van der Waals surface area contributed by atoms with E-state index in [2.05, 4.69) is 15.9 Å². The van der Waals surface area contributed by atoms with Crippen molar-refractivity contribution >= 4 is 31.6 Å². The summed E-state index contributed by atoms with van der Waals surface area (Å²) in [5.74, 6) is 0.362. The van der Waals surface area contributed by atoms with Gasteiger partial charge in [0.15, 0.2) is 4.90 Å². The van der Waals surface area contributed by atoms with E-state index in [-0.39, 0.29) is 4.90 Å². The average molecular weight is 363 g/mol. The molecule has 1 aromatic carbocycles. The Labute approximate surface area is 126 Å². The molecule has 8 heteroatoms. The van der Waals surface area contributed by atoms with Crippen molar-refractivity contribution in [1.82, 2.24) is 4.31 Å². The maximum absolute atomic E-state index is 12.5. The molecule has 0 bridgehead atoms. The van der Waals surface area contributed by atoms with Crippen LogP contribution in [0.4, 0.5) is 5.69 Å². The highest BCUT2D eigenvalue weighted by molar-refractivity contribution is 9.10. The second-order valence-corrected chi connectivity index (χ2v) is 7.88. The van der Waals surface area contributed by atoms with E-state index in [1.165, 1.54) is 29.6 Å². The highest BCUT2D eigenvalue weighted by Crippen LogP contribution is 2.32. The topological polar surface area (TPSA) is 80.5 Å². The first-order valence-corrected chi connectivity index (χ1v) is 8.46. The summed E-state index contributed by atoms with van der Waals surface area (Å²) < 4.78 is 26.7. The first-order valence-electron chi connectivity index (χ1n) is 6.22. The standard InChI is InChI=1S/C12H15BrN2O4S/c1-14(8-9-3-2-4-9)20(18,19)12-7-10(13)5-6-11(12)15(16)17/h5-7,9H,2-4,8H2,1H3. The number of nitrogens with zero attached hydrogens (tertiary/aromatic N) is 2. The zero-order chi connectivity index (χ0) is 14.9. The minimum absolute atomic E-state index is 0.265. The van der Waals surface area contributed by atoms with E-state index in [9.17, 15) is 18.5 Å². The highest BCUT2D eigenvalue weighted by Gasteiger charge is 2.32. The monoisotopic (exact) mass is 362 g/mol. The molecule has 0 radical (unpaired) electrons. The van der Waals surface area contributed by atoms with Crippen molar-refractivity contribution in [2.45, 2.75) is 24.2 Å². The molecule has 20 heavy (non-hydrogen) atoms. The number of nitro benzene ring substituents is 1. The van der Waals surface area contributed by atoms with Crippen LogP contribution in [0.25, 0.3) is 0 Å². The van der Waals surface area contributed by atoms with Crippen molar-refractivity contribution < 1.29 is 13.3 Å². The molecule has 6 nitrogen and oxygen atoms in total. The van der Waals surface area contributed by atoms with E-state index in [0.717, 1.165) is 19.3 Å². The fourth-order valence-corrected chi connectivity index (χ4v) is 4.09. The van der Waals surface area contributed by atoms with Crippen molar-refractivity contribution in [2.24, 2.45) is 5.92 Å². The summed E-state index contributed by atoms with van der Waals surface area (Å²) >= 11 is 3.16. The van der Waals surface area contributed by atoms with Gasteiger partial charge in [-0.25, -0.2) is 12.7 Å². The third-order valence-corrected chi connectivity index (χ3v) is 5.89. The molecule has 1 aromatic rings. The second kappa shape index (κ2) is 5.79. The van der Waals surface area contributed by atoms with Crippen LogP contribution in [0, 0.1) is 16.0 Å². The van der Waals surface area contributed by atoms with Crippen LogP contribution in [0.2, 0.25) is 0 Å². The minimum atomic E-state index is -3.85. The number of rotatable bonds is 5. The van der Waals surface area contributed by atoms with Gasteiger partial charge in [0, 0.05) is 24.1 Å². The predicted octanol–water partition coefficient (Wildman–Crippen LogP) is 2.78. The van der Waals surface area contributed by atoms with E-state index in [1.807, 2.05) is 0 Å². The Balaban J connectivity index is 2.36. The van der Waals surface area contributed by atoms with E-state index < -0.39 is 20.6 Å². The van der Waals surface area contributed by atoms with Gasteiger partial charge in [-0.3, -0.25) is 10.1 Å². The quantitative estimate of drug-likeness (QED) is 0.595. The number of halogens is 1. The fraction of sp³-hybridized carbons (Fsp3) is 0.500. The van der Waals surface area contributed by atoms with Crippen LogP contribution in [0.5, 0.6) is 0 Å². The van der Waals surface area contributed by atoms with Gasteiger partial charge in [-0.15, -0.1) is 0 Å². The zero-order valence-electron chi connectivity index (χ0n) is 11.0. The SMILES string of the molecule is CN(CC1CCC1)S(=O)(=O)c1cc(Br)ccc1[N+](=O)[O-]. The lowest BCUT2D eigenvalue weighted by Crippen LogP contribution is -2.34. The number of hydrogen-bond acceptors (Lipinski definition) is 4.